The van der Waals surface area contributed by atoms with Crippen LogP contribution in [0.5, 0.6) is 0 Å². The standard InChI is InChI=1S/C13H20Cl2N2S/c1-2-17(11-4-3-6-16-7-5-11)8-10-9-18-13(15)12(10)14/h9,11,16H,2-8H2,1H3. The van der Waals surface area contributed by atoms with E-state index in [0.717, 1.165) is 31.2 Å². The van der Waals surface area contributed by atoms with Gasteiger partial charge in [-0.05, 0) is 49.8 Å². The molecular weight excluding hydrogens is 287 g/mol. The quantitative estimate of drug-likeness (QED) is 0.904. The van der Waals surface area contributed by atoms with Gasteiger partial charge in [0, 0.05) is 12.6 Å². The summed E-state index contributed by atoms with van der Waals surface area (Å²) in [5, 5.41) is 6.29. The van der Waals surface area contributed by atoms with Crippen LogP contribution in [0.1, 0.15) is 31.7 Å². The van der Waals surface area contributed by atoms with Crippen molar-refractivity contribution in [1.82, 2.24) is 10.2 Å². The fourth-order valence-electron chi connectivity index (χ4n) is 2.54. The Bertz CT molecular complexity index is 373. The molecule has 1 atom stereocenters. The van der Waals surface area contributed by atoms with Crippen LogP contribution in [0.2, 0.25) is 9.36 Å². The van der Waals surface area contributed by atoms with Crippen molar-refractivity contribution in [2.75, 3.05) is 19.6 Å². The van der Waals surface area contributed by atoms with Crippen molar-refractivity contribution >= 4 is 34.5 Å². The summed E-state index contributed by atoms with van der Waals surface area (Å²) in [5.41, 5.74) is 1.17. The maximum absolute atomic E-state index is 6.22. The number of rotatable bonds is 4. The number of halogens is 2. The first-order chi connectivity index (χ1) is 8.72. The third-order valence-electron chi connectivity index (χ3n) is 3.60. The molecule has 1 aromatic heterocycles. The van der Waals surface area contributed by atoms with E-state index in [4.69, 9.17) is 23.2 Å². The highest BCUT2D eigenvalue weighted by atomic mass is 35.5. The Morgan fingerprint density at radius 2 is 2.22 bits per heavy atom. The Balaban J connectivity index is 2.01. The van der Waals surface area contributed by atoms with Gasteiger partial charge in [-0.25, -0.2) is 0 Å². The van der Waals surface area contributed by atoms with Crippen LogP contribution in [-0.4, -0.2) is 30.6 Å². The Kier molecular flexibility index (Phi) is 5.77. The predicted molar refractivity (Wildman–Crippen MR) is 80.9 cm³/mol. The first-order valence-electron chi connectivity index (χ1n) is 6.58. The van der Waals surface area contributed by atoms with Crippen molar-refractivity contribution in [3.05, 3.63) is 20.3 Å². The fourth-order valence-corrected chi connectivity index (χ4v) is 3.78. The molecule has 0 saturated carbocycles. The van der Waals surface area contributed by atoms with Gasteiger partial charge in [0.05, 0.1) is 5.02 Å². The van der Waals surface area contributed by atoms with E-state index < -0.39 is 0 Å². The molecule has 0 spiro atoms. The lowest BCUT2D eigenvalue weighted by atomic mass is 10.1. The summed E-state index contributed by atoms with van der Waals surface area (Å²) in [4.78, 5) is 2.53. The van der Waals surface area contributed by atoms with Crippen molar-refractivity contribution in [2.24, 2.45) is 0 Å². The summed E-state index contributed by atoms with van der Waals surface area (Å²) < 4.78 is 0.713. The highest BCUT2D eigenvalue weighted by Gasteiger charge is 2.20. The number of hydrogen-bond acceptors (Lipinski definition) is 3. The smallest absolute Gasteiger partial charge is 0.112 e. The van der Waals surface area contributed by atoms with Gasteiger partial charge in [0.1, 0.15) is 4.34 Å². The van der Waals surface area contributed by atoms with E-state index in [1.165, 1.54) is 36.2 Å². The molecule has 1 aliphatic rings. The normalized spacial score (nSPS) is 21.2. The average molecular weight is 307 g/mol. The van der Waals surface area contributed by atoms with Gasteiger partial charge < -0.3 is 5.32 Å². The topological polar surface area (TPSA) is 15.3 Å². The molecule has 1 saturated heterocycles. The lowest BCUT2D eigenvalue weighted by molar-refractivity contribution is 0.183. The van der Waals surface area contributed by atoms with Crippen LogP contribution in [0.3, 0.4) is 0 Å². The van der Waals surface area contributed by atoms with Gasteiger partial charge in [-0.2, -0.15) is 0 Å². The van der Waals surface area contributed by atoms with Gasteiger partial charge in [0.2, 0.25) is 0 Å². The van der Waals surface area contributed by atoms with Gasteiger partial charge in [-0.3, -0.25) is 4.90 Å². The molecule has 2 heterocycles. The Labute approximate surface area is 123 Å². The van der Waals surface area contributed by atoms with Gasteiger partial charge in [-0.1, -0.05) is 30.1 Å². The minimum absolute atomic E-state index is 0.666. The van der Waals surface area contributed by atoms with Crippen LogP contribution in [0.15, 0.2) is 5.38 Å². The SMILES string of the molecule is CCN(Cc1csc(Cl)c1Cl)C1CCCNCC1. The van der Waals surface area contributed by atoms with Crippen LogP contribution in [0.4, 0.5) is 0 Å². The zero-order valence-corrected chi connectivity index (χ0v) is 13.0. The van der Waals surface area contributed by atoms with Crippen molar-refractivity contribution in [1.29, 1.82) is 0 Å². The number of nitrogens with zero attached hydrogens (tertiary/aromatic N) is 1. The van der Waals surface area contributed by atoms with Gasteiger partial charge in [0.25, 0.3) is 0 Å². The third kappa shape index (κ3) is 3.61. The number of thiophene rings is 1. The molecule has 2 nitrogen and oxygen atoms in total. The summed E-state index contributed by atoms with van der Waals surface area (Å²) in [7, 11) is 0. The van der Waals surface area contributed by atoms with Gasteiger partial charge in [0.15, 0.2) is 0 Å². The molecule has 1 fully saturated rings. The summed E-state index contributed by atoms with van der Waals surface area (Å²) in [6.07, 6.45) is 3.76. The second-order valence-electron chi connectivity index (χ2n) is 4.75. The van der Waals surface area contributed by atoms with E-state index in [-0.39, 0.29) is 0 Å². The minimum Gasteiger partial charge on any atom is -0.317 e. The predicted octanol–water partition coefficient (Wildman–Crippen LogP) is 4.02. The molecule has 18 heavy (non-hydrogen) atoms. The van der Waals surface area contributed by atoms with E-state index in [1.54, 1.807) is 0 Å². The van der Waals surface area contributed by atoms with Gasteiger partial charge in [-0.15, -0.1) is 11.3 Å². The highest BCUT2D eigenvalue weighted by molar-refractivity contribution is 7.15. The second kappa shape index (κ2) is 7.11. The monoisotopic (exact) mass is 306 g/mol. The van der Waals surface area contributed by atoms with Crippen LogP contribution in [0.25, 0.3) is 0 Å². The molecule has 0 aromatic carbocycles. The van der Waals surface area contributed by atoms with Crippen molar-refractivity contribution in [2.45, 2.75) is 38.8 Å². The Hall–Kier alpha value is 0.200. The Morgan fingerprint density at radius 1 is 1.39 bits per heavy atom. The summed E-state index contributed by atoms with van der Waals surface area (Å²) in [6.45, 7) is 6.48. The molecule has 0 bridgehead atoms. The van der Waals surface area contributed by atoms with E-state index in [2.05, 4.69) is 22.5 Å². The molecule has 1 N–H and O–H groups in total. The molecule has 1 aromatic rings. The molecule has 0 amide bonds. The van der Waals surface area contributed by atoms with Crippen LogP contribution in [-0.2, 0) is 6.54 Å². The molecular formula is C13H20Cl2N2S. The first kappa shape index (κ1) is 14.6. The Morgan fingerprint density at radius 3 is 2.89 bits per heavy atom. The molecule has 1 aliphatic heterocycles. The zero-order valence-electron chi connectivity index (χ0n) is 10.7. The molecule has 5 heteroatoms. The maximum Gasteiger partial charge on any atom is 0.112 e. The molecule has 1 unspecified atom stereocenters. The lowest BCUT2D eigenvalue weighted by Crippen LogP contribution is -2.35. The van der Waals surface area contributed by atoms with E-state index in [9.17, 15) is 0 Å². The number of hydrogen-bond donors (Lipinski definition) is 1. The molecule has 0 radical (unpaired) electrons. The highest BCUT2D eigenvalue weighted by Crippen LogP contribution is 2.33. The van der Waals surface area contributed by atoms with Gasteiger partial charge >= 0.3 is 0 Å². The first-order valence-corrected chi connectivity index (χ1v) is 8.22. The van der Waals surface area contributed by atoms with Crippen LogP contribution >= 0.6 is 34.5 Å². The number of nitrogens with one attached hydrogen (secondary N) is 1. The second-order valence-corrected chi connectivity index (χ2v) is 6.61. The van der Waals surface area contributed by atoms with Crippen molar-refractivity contribution in [3.63, 3.8) is 0 Å². The lowest BCUT2D eigenvalue weighted by Gasteiger charge is -2.29. The molecule has 0 aliphatic carbocycles. The van der Waals surface area contributed by atoms with E-state index in [1.807, 2.05) is 0 Å². The van der Waals surface area contributed by atoms with Crippen molar-refractivity contribution < 1.29 is 0 Å². The average Bonchev–Trinajstić information content (AvgIpc) is 2.63. The summed E-state index contributed by atoms with van der Waals surface area (Å²) in [6, 6.07) is 0.666. The van der Waals surface area contributed by atoms with E-state index in [0.29, 0.717) is 10.4 Å². The maximum atomic E-state index is 6.22. The zero-order chi connectivity index (χ0) is 13.0. The molecule has 2 rings (SSSR count). The third-order valence-corrected chi connectivity index (χ3v) is 5.51. The largest absolute Gasteiger partial charge is 0.317 e. The summed E-state index contributed by atoms with van der Waals surface area (Å²) >= 11 is 13.8. The van der Waals surface area contributed by atoms with Crippen LogP contribution < -0.4 is 5.32 Å². The fraction of sp³-hybridized carbons (Fsp3) is 0.692. The van der Waals surface area contributed by atoms with E-state index >= 15 is 0 Å². The minimum atomic E-state index is 0.666. The summed E-state index contributed by atoms with van der Waals surface area (Å²) in [5.74, 6) is 0. The molecule has 102 valence electrons. The van der Waals surface area contributed by atoms with Crippen molar-refractivity contribution in [3.8, 4) is 0 Å². The van der Waals surface area contributed by atoms with Crippen LogP contribution in [0, 0.1) is 0 Å².